The third kappa shape index (κ3) is 2.00. The number of nitrogens with two attached hydrogens (primary N) is 1. The number of rotatable bonds is 2. The molecule has 13 heavy (non-hydrogen) atoms. The molecule has 1 atom stereocenters. The average molecular weight is 248 g/mol. The van der Waals surface area contributed by atoms with Gasteiger partial charge in [-0.25, -0.2) is 4.39 Å². The molecule has 0 radical (unpaired) electrons. The number of hydrogen-bond donors (Lipinski definition) is 2. The quantitative estimate of drug-likeness (QED) is 0.843. The van der Waals surface area contributed by atoms with Crippen LogP contribution in [0, 0.1) is 5.82 Å². The van der Waals surface area contributed by atoms with Crippen molar-refractivity contribution in [2.45, 2.75) is 12.8 Å². The van der Waals surface area contributed by atoms with Gasteiger partial charge in [-0.2, -0.15) is 0 Å². The SMILES string of the molecule is CC(CN)c1c(Br)ccc(O)c1F. The van der Waals surface area contributed by atoms with Gasteiger partial charge in [-0.05, 0) is 24.6 Å². The Hall–Kier alpha value is -0.610. The van der Waals surface area contributed by atoms with Gasteiger partial charge in [0.15, 0.2) is 11.6 Å². The molecule has 1 unspecified atom stereocenters. The highest BCUT2D eigenvalue weighted by Crippen LogP contribution is 2.31. The van der Waals surface area contributed by atoms with Crippen molar-refractivity contribution in [3.8, 4) is 5.75 Å². The predicted octanol–water partition coefficient (Wildman–Crippen LogP) is 2.36. The van der Waals surface area contributed by atoms with E-state index in [-0.39, 0.29) is 11.7 Å². The van der Waals surface area contributed by atoms with Crippen molar-refractivity contribution in [2.24, 2.45) is 5.73 Å². The summed E-state index contributed by atoms with van der Waals surface area (Å²) >= 11 is 3.22. The zero-order chi connectivity index (χ0) is 10.0. The molecule has 0 aromatic heterocycles. The van der Waals surface area contributed by atoms with E-state index in [0.29, 0.717) is 16.6 Å². The summed E-state index contributed by atoms with van der Waals surface area (Å²) in [6.07, 6.45) is 0. The Morgan fingerprint density at radius 2 is 2.23 bits per heavy atom. The molecule has 3 N–H and O–H groups in total. The highest BCUT2D eigenvalue weighted by Gasteiger charge is 2.16. The fraction of sp³-hybridized carbons (Fsp3) is 0.333. The zero-order valence-corrected chi connectivity index (χ0v) is 8.81. The van der Waals surface area contributed by atoms with Crippen LogP contribution in [0.4, 0.5) is 4.39 Å². The minimum atomic E-state index is -0.590. The second-order valence-corrected chi connectivity index (χ2v) is 3.79. The van der Waals surface area contributed by atoms with Crippen LogP contribution >= 0.6 is 15.9 Å². The fourth-order valence-corrected chi connectivity index (χ4v) is 1.82. The van der Waals surface area contributed by atoms with Crippen LogP contribution in [0.15, 0.2) is 16.6 Å². The molecule has 0 aliphatic heterocycles. The maximum atomic E-state index is 13.4. The van der Waals surface area contributed by atoms with Crippen molar-refractivity contribution in [1.29, 1.82) is 0 Å². The molecule has 0 heterocycles. The van der Waals surface area contributed by atoms with Crippen molar-refractivity contribution in [3.05, 3.63) is 28.0 Å². The molecule has 0 aliphatic rings. The maximum Gasteiger partial charge on any atom is 0.169 e. The number of phenolic OH excluding ortho intramolecular Hbond substituents is 1. The molecule has 1 aromatic rings. The third-order valence-corrected chi connectivity index (χ3v) is 2.64. The normalized spacial score (nSPS) is 12.9. The molecule has 1 aromatic carbocycles. The van der Waals surface area contributed by atoms with Gasteiger partial charge in [0, 0.05) is 10.0 Å². The molecule has 0 saturated heterocycles. The lowest BCUT2D eigenvalue weighted by molar-refractivity contribution is 0.425. The standard InChI is InChI=1S/C9H11BrFNO/c1-5(4-12)8-6(10)2-3-7(13)9(8)11/h2-3,5,13H,4,12H2,1H3. The minimum absolute atomic E-state index is 0.110. The predicted molar refractivity (Wildman–Crippen MR) is 53.2 cm³/mol. The molecular weight excluding hydrogens is 237 g/mol. The van der Waals surface area contributed by atoms with Crippen molar-refractivity contribution in [1.82, 2.24) is 0 Å². The van der Waals surface area contributed by atoms with Gasteiger partial charge in [-0.3, -0.25) is 0 Å². The Kier molecular flexibility index (Phi) is 3.27. The summed E-state index contributed by atoms with van der Waals surface area (Å²) in [5.41, 5.74) is 5.86. The van der Waals surface area contributed by atoms with Crippen molar-refractivity contribution >= 4 is 15.9 Å². The van der Waals surface area contributed by atoms with Crippen LogP contribution in [0.5, 0.6) is 5.75 Å². The van der Waals surface area contributed by atoms with Crippen molar-refractivity contribution in [2.75, 3.05) is 6.54 Å². The Morgan fingerprint density at radius 3 is 2.77 bits per heavy atom. The van der Waals surface area contributed by atoms with E-state index in [1.807, 2.05) is 6.92 Å². The first-order chi connectivity index (χ1) is 6.07. The monoisotopic (exact) mass is 247 g/mol. The van der Waals surface area contributed by atoms with E-state index in [1.165, 1.54) is 6.07 Å². The first-order valence-corrected chi connectivity index (χ1v) is 4.74. The lowest BCUT2D eigenvalue weighted by Crippen LogP contribution is -2.11. The average Bonchev–Trinajstić information content (AvgIpc) is 2.12. The smallest absolute Gasteiger partial charge is 0.169 e. The van der Waals surface area contributed by atoms with E-state index >= 15 is 0 Å². The summed E-state index contributed by atoms with van der Waals surface area (Å²) in [5, 5.41) is 9.13. The van der Waals surface area contributed by atoms with E-state index in [0.717, 1.165) is 0 Å². The number of phenols is 1. The fourth-order valence-electron chi connectivity index (χ4n) is 1.13. The topological polar surface area (TPSA) is 46.2 Å². The molecule has 0 aliphatic carbocycles. The van der Waals surface area contributed by atoms with E-state index in [9.17, 15) is 4.39 Å². The largest absolute Gasteiger partial charge is 0.505 e. The molecule has 0 amide bonds. The Labute approximate surface area is 84.7 Å². The van der Waals surface area contributed by atoms with Gasteiger partial charge in [0.25, 0.3) is 0 Å². The summed E-state index contributed by atoms with van der Waals surface area (Å²) in [6.45, 7) is 2.15. The molecule has 0 fully saturated rings. The lowest BCUT2D eigenvalue weighted by Gasteiger charge is -2.12. The van der Waals surface area contributed by atoms with Gasteiger partial charge < -0.3 is 10.8 Å². The van der Waals surface area contributed by atoms with Gasteiger partial charge in [-0.15, -0.1) is 0 Å². The molecule has 0 spiro atoms. The first-order valence-electron chi connectivity index (χ1n) is 3.94. The third-order valence-electron chi connectivity index (χ3n) is 1.95. The summed E-state index contributed by atoms with van der Waals surface area (Å²) in [7, 11) is 0. The van der Waals surface area contributed by atoms with E-state index in [1.54, 1.807) is 6.07 Å². The second-order valence-electron chi connectivity index (χ2n) is 2.93. The van der Waals surface area contributed by atoms with Crippen LogP contribution in [0.3, 0.4) is 0 Å². The van der Waals surface area contributed by atoms with Gasteiger partial charge in [0.05, 0.1) is 0 Å². The van der Waals surface area contributed by atoms with Crippen LogP contribution in [0.1, 0.15) is 18.4 Å². The van der Waals surface area contributed by atoms with Crippen molar-refractivity contribution in [3.63, 3.8) is 0 Å². The maximum absolute atomic E-state index is 13.4. The first kappa shape index (κ1) is 10.5. The molecule has 72 valence electrons. The van der Waals surface area contributed by atoms with Crippen LogP contribution in [-0.4, -0.2) is 11.7 Å². The van der Waals surface area contributed by atoms with Crippen LogP contribution in [0.25, 0.3) is 0 Å². The number of aromatic hydroxyl groups is 1. The summed E-state index contributed by atoms with van der Waals surface area (Å²) in [5.74, 6) is -1.03. The summed E-state index contributed by atoms with van der Waals surface area (Å²) in [6, 6.07) is 2.92. The molecular formula is C9H11BrFNO. The molecule has 0 bridgehead atoms. The molecule has 0 saturated carbocycles. The van der Waals surface area contributed by atoms with Crippen LogP contribution < -0.4 is 5.73 Å². The molecule has 2 nitrogen and oxygen atoms in total. The zero-order valence-electron chi connectivity index (χ0n) is 7.22. The second kappa shape index (κ2) is 4.07. The van der Waals surface area contributed by atoms with Crippen molar-refractivity contribution < 1.29 is 9.50 Å². The Balaban J connectivity index is 3.25. The van der Waals surface area contributed by atoms with Gasteiger partial charge in [0.1, 0.15) is 0 Å². The van der Waals surface area contributed by atoms with Gasteiger partial charge in [0.2, 0.25) is 0 Å². The number of benzene rings is 1. The summed E-state index contributed by atoms with van der Waals surface area (Å²) < 4.78 is 14.0. The minimum Gasteiger partial charge on any atom is -0.505 e. The van der Waals surface area contributed by atoms with E-state index in [4.69, 9.17) is 10.8 Å². The Morgan fingerprint density at radius 1 is 1.62 bits per heavy atom. The van der Waals surface area contributed by atoms with E-state index < -0.39 is 5.82 Å². The molecule has 1 rings (SSSR count). The van der Waals surface area contributed by atoms with Gasteiger partial charge >= 0.3 is 0 Å². The van der Waals surface area contributed by atoms with E-state index in [2.05, 4.69) is 15.9 Å². The highest BCUT2D eigenvalue weighted by atomic mass is 79.9. The number of hydrogen-bond acceptors (Lipinski definition) is 2. The Bertz CT molecular complexity index is 317. The molecule has 4 heteroatoms. The summed E-state index contributed by atoms with van der Waals surface area (Å²) in [4.78, 5) is 0. The number of halogens is 2. The lowest BCUT2D eigenvalue weighted by atomic mass is 10.0. The van der Waals surface area contributed by atoms with Crippen LogP contribution in [0.2, 0.25) is 0 Å². The van der Waals surface area contributed by atoms with Gasteiger partial charge in [-0.1, -0.05) is 22.9 Å². The van der Waals surface area contributed by atoms with Crippen LogP contribution in [-0.2, 0) is 0 Å². The highest BCUT2D eigenvalue weighted by molar-refractivity contribution is 9.10.